The Morgan fingerprint density at radius 1 is 1.09 bits per heavy atom. The van der Waals surface area contributed by atoms with E-state index in [9.17, 15) is 18.7 Å². The number of imidazole rings is 2. The molecule has 0 unspecified atom stereocenters. The topological polar surface area (TPSA) is 114 Å². The maximum absolute atomic E-state index is 14.5. The average molecular weight is 657 g/mol. The molecule has 4 aromatic heterocycles. The lowest BCUT2D eigenvalue weighted by Crippen LogP contribution is -2.46. The van der Waals surface area contributed by atoms with Crippen LogP contribution in [0.2, 0.25) is 5.02 Å². The van der Waals surface area contributed by atoms with Gasteiger partial charge in [-0.15, -0.1) is 11.3 Å². The molecule has 0 amide bonds. The number of thiophene rings is 1. The number of hydrogen-bond acceptors (Lipinski definition) is 9. The van der Waals surface area contributed by atoms with Crippen molar-refractivity contribution in [3.63, 3.8) is 0 Å². The molecule has 5 heterocycles. The Morgan fingerprint density at radius 2 is 1.89 bits per heavy atom. The third-order valence-corrected chi connectivity index (χ3v) is 9.22. The van der Waals surface area contributed by atoms with Gasteiger partial charge in [0.05, 0.1) is 36.8 Å². The zero-order valence-electron chi connectivity index (χ0n) is 24.7. The van der Waals surface area contributed by atoms with E-state index in [0.29, 0.717) is 61.3 Å². The van der Waals surface area contributed by atoms with Gasteiger partial charge in [0, 0.05) is 55.1 Å². The number of halogens is 3. The van der Waals surface area contributed by atoms with Gasteiger partial charge >= 0.3 is 5.97 Å². The standard InChI is InChI=1S/C30H31ClF2N8O3S/c1-3-21-25-28(45-26(21)29(42)43)36-24(41(25)14-20-12-34-17-39(20)4-2)15-38-7-9-40(10-8-38)30-35-13-23(33)27(37-30)44-16-18-5-6-19(31)11-22(18)32/h5-6,11-13,17H,3-4,7-10,14-16H2,1-2H3,(H,42,43). The van der Waals surface area contributed by atoms with Gasteiger partial charge in [0.1, 0.15) is 28.0 Å². The molecule has 1 aromatic carbocycles. The van der Waals surface area contributed by atoms with Crippen LogP contribution in [0.1, 0.15) is 46.2 Å². The van der Waals surface area contributed by atoms with Crippen LogP contribution >= 0.6 is 22.9 Å². The minimum Gasteiger partial charge on any atom is -0.477 e. The van der Waals surface area contributed by atoms with Gasteiger partial charge in [-0.25, -0.2) is 24.1 Å². The van der Waals surface area contributed by atoms with E-state index in [2.05, 4.69) is 35.9 Å². The van der Waals surface area contributed by atoms with Crippen molar-refractivity contribution in [2.45, 2.75) is 46.5 Å². The number of rotatable bonds is 11. The second-order valence-corrected chi connectivity index (χ2v) is 12.1. The van der Waals surface area contributed by atoms with Crippen molar-refractivity contribution in [1.82, 2.24) is 34.0 Å². The molecule has 1 fully saturated rings. The molecule has 0 bridgehead atoms. The Bertz CT molecular complexity index is 1850. The number of ether oxygens (including phenoxy) is 1. The van der Waals surface area contributed by atoms with Crippen molar-refractivity contribution in [3.05, 3.63) is 81.1 Å². The quantitative estimate of drug-likeness (QED) is 0.204. The number of carboxylic acids is 1. The molecule has 0 radical (unpaired) electrons. The maximum Gasteiger partial charge on any atom is 0.346 e. The van der Waals surface area contributed by atoms with E-state index >= 15 is 0 Å². The first kappa shape index (κ1) is 30.9. The van der Waals surface area contributed by atoms with Gasteiger partial charge < -0.3 is 23.9 Å². The van der Waals surface area contributed by atoms with Crippen LogP contribution in [0.3, 0.4) is 0 Å². The van der Waals surface area contributed by atoms with E-state index in [0.717, 1.165) is 35.3 Å². The first-order chi connectivity index (χ1) is 21.7. The molecule has 5 aromatic rings. The average Bonchev–Trinajstić information content (AvgIpc) is 3.72. The first-order valence-electron chi connectivity index (χ1n) is 14.5. The second kappa shape index (κ2) is 13.1. The van der Waals surface area contributed by atoms with Gasteiger partial charge in [-0.2, -0.15) is 9.37 Å². The van der Waals surface area contributed by atoms with Gasteiger partial charge in [-0.05, 0) is 25.5 Å². The minimum absolute atomic E-state index is 0.207. The fourth-order valence-corrected chi connectivity index (χ4v) is 6.79. The molecule has 11 nitrogen and oxygen atoms in total. The van der Waals surface area contributed by atoms with E-state index < -0.39 is 17.6 Å². The van der Waals surface area contributed by atoms with Gasteiger partial charge in [0.15, 0.2) is 0 Å². The molecular formula is C30H31ClF2N8O3S. The summed E-state index contributed by atoms with van der Waals surface area (Å²) in [5.41, 5.74) is 2.90. The summed E-state index contributed by atoms with van der Waals surface area (Å²) >= 11 is 7.03. The second-order valence-electron chi connectivity index (χ2n) is 10.6. The van der Waals surface area contributed by atoms with Crippen molar-refractivity contribution >= 4 is 45.2 Å². The molecular weight excluding hydrogens is 626 g/mol. The number of aryl methyl sites for hydroxylation is 2. The summed E-state index contributed by atoms with van der Waals surface area (Å²) in [6.07, 6.45) is 5.27. The Balaban J connectivity index is 1.18. The number of aromatic nitrogens is 6. The van der Waals surface area contributed by atoms with Crippen molar-refractivity contribution in [2.24, 2.45) is 0 Å². The number of aromatic carboxylic acids is 1. The summed E-state index contributed by atoms with van der Waals surface area (Å²) in [4.78, 5) is 34.9. The van der Waals surface area contributed by atoms with Crippen molar-refractivity contribution in [1.29, 1.82) is 0 Å². The van der Waals surface area contributed by atoms with E-state index in [1.165, 1.54) is 29.5 Å². The molecule has 6 rings (SSSR count). The molecule has 1 aliphatic heterocycles. The summed E-state index contributed by atoms with van der Waals surface area (Å²) in [6, 6.07) is 4.20. The number of fused-ring (bicyclic) bond motifs is 1. The van der Waals surface area contributed by atoms with Crippen LogP contribution < -0.4 is 9.64 Å². The molecule has 0 saturated carbocycles. The van der Waals surface area contributed by atoms with Crippen molar-refractivity contribution < 1.29 is 23.4 Å². The number of piperazine rings is 1. The van der Waals surface area contributed by atoms with Gasteiger partial charge in [-0.3, -0.25) is 4.90 Å². The first-order valence-corrected chi connectivity index (χ1v) is 15.7. The Labute approximate surface area is 266 Å². The summed E-state index contributed by atoms with van der Waals surface area (Å²) < 4.78 is 38.3. The van der Waals surface area contributed by atoms with Gasteiger partial charge in [0.2, 0.25) is 11.8 Å². The highest BCUT2D eigenvalue weighted by Crippen LogP contribution is 2.34. The van der Waals surface area contributed by atoms with E-state index in [1.807, 2.05) is 18.0 Å². The minimum atomic E-state index is -0.939. The lowest BCUT2D eigenvalue weighted by molar-refractivity contribution is 0.0701. The predicted octanol–water partition coefficient (Wildman–Crippen LogP) is 5.25. The van der Waals surface area contributed by atoms with E-state index in [-0.39, 0.29) is 23.1 Å². The predicted molar refractivity (Wildman–Crippen MR) is 166 cm³/mol. The molecule has 1 N–H and O–H groups in total. The summed E-state index contributed by atoms with van der Waals surface area (Å²) in [5.74, 6) is -1.29. The lowest BCUT2D eigenvalue weighted by Gasteiger charge is -2.34. The van der Waals surface area contributed by atoms with E-state index in [1.54, 1.807) is 6.33 Å². The summed E-state index contributed by atoms with van der Waals surface area (Å²) in [6.45, 7) is 8.16. The number of hydrogen-bond donors (Lipinski definition) is 1. The third kappa shape index (κ3) is 6.35. The fraction of sp³-hybridized carbons (Fsp3) is 0.367. The van der Waals surface area contributed by atoms with Crippen LogP contribution in [0.25, 0.3) is 10.3 Å². The molecule has 0 spiro atoms. The molecule has 0 atom stereocenters. The number of carboxylic acid groups (broad SMARTS) is 1. The summed E-state index contributed by atoms with van der Waals surface area (Å²) in [7, 11) is 0. The fourth-order valence-electron chi connectivity index (χ4n) is 5.51. The lowest BCUT2D eigenvalue weighted by atomic mass is 10.2. The Hall–Kier alpha value is -4.14. The Kier molecular flexibility index (Phi) is 8.97. The van der Waals surface area contributed by atoms with Crippen LogP contribution in [0.15, 0.2) is 36.9 Å². The highest BCUT2D eigenvalue weighted by atomic mass is 35.5. The highest BCUT2D eigenvalue weighted by Gasteiger charge is 2.27. The number of nitrogens with zero attached hydrogens (tertiary/aromatic N) is 8. The highest BCUT2D eigenvalue weighted by molar-refractivity contribution is 7.20. The number of carbonyl (C=O) groups is 1. The third-order valence-electron chi connectivity index (χ3n) is 7.88. The van der Waals surface area contributed by atoms with E-state index in [4.69, 9.17) is 21.3 Å². The molecule has 0 aliphatic carbocycles. The summed E-state index contributed by atoms with van der Waals surface area (Å²) in [5, 5.41) is 10.1. The van der Waals surface area contributed by atoms with Crippen molar-refractivity contribution in [3.8, 4) is 5.88 Å². The zero-order chi connectivity index (χ0) is 31.7. The van der Waals surface area contributed by atoms with Crippen LogP contribution in [0.4, 0.5) is 14.7 Å². The SMILES string of the molecule is CCc1c(C(=O)O)sc2nc(CN3CCN(c4ncc(F)c(OCc5ccc(Cl)cc5F)n4)CC3)n(Cc3cncn3CC)c12. The van der Waals surface area contributed by atoms with Gasteiger partial charge in [-0.1, -0.05) is 24.6 Å². The maximum atomic E-state index is 14.5. The van der Waals surface area contributed by atoms with Crippen LogP contribution in [-0.2, 0) is 32.7 Å². The van der Waals surface area contributed by atoms with Crippen LogP contribution in [-0.4, -0.2) is 71.2 Å². The zero-order valence-corrected chi connectivity index (χ0v) is 26.3. The van der Waals surface area contributed by atoms with Crippen LogP contribution in [0, 0.1) is 11.6 Å². The van der Waals surface area contributed by atoms with Gasteiger partial charge in [0.25, 0.3) is 5.88 Å². The monoisotopic (exact) mass is 656 g/mol. The molecule has 15 heteroatoms. The Morgan fingerprint density at radius 3 is 2.60 bits per heavy atom. The normalized spacial score (nSPS) is 14.0. The molecule has 1 aliphatic rings. The molecule has 236 valence electrons. The molecule has 1 saturated heterocycles. The molecule has 45 heavy (non-hydrogen) atoms. The van der Waals surface area contributed by atoms with Crippen LogP contribution in [0.5, 0.6) is 5.88 Å². The number of anilines is 1. The largest absolute Gasteiger partial charge is 0.477 e. The van der Waals surface area contributed by atoms with Crippen molar-refractivity contribution in [2.75, 3.05) is 31.1 Å². The number of benzene rings is 1. The smallest absolute Gasteiger partial charge is 0.346 e.